The van der Waals surface area contributed by atoms with E-state index in [-0.39, 0.29) is 18.6 Å². The summed E-state index contributed by atoms with van der Waals surface area (Å²) in [7, 11) is 0. The van der Waals surface area contributed by atoms with Crippen molar-refractivity contribution in [1.29, 1.82) is 0 Å². The lowest BCUT2D eigenvalue weighted by Crippen LogP contribution is -2.41. The fourth-order valence-electron chi connectivity index (χ4n) is 2.80. The van der Waals surface area contributed by atoms with Crippen LogP contribution in [-0.4, -0.2) is 53.3 Å². The maximum atomic E-state index is 12.4. The van der Waals surface area contributed by atoms with Crippen molar-refractivity contribution in [3.05, 3.63) is 52.1 Å². The number of carbonyl (C=O) groups is 2. The molecule has 2 heterocycles. The van der Waals surface area contributed by atoms with Gasteiger partial charge in [-0.3, -0.25) is 4.79 Å². The maximum Gasteiger partial charge on any atom is 0.407 e. The van der Waals surface area contributed by atoms with Crippen LogP contribution >= 0.6 is 15.9 Å². The molecule has 0 bridgehead atoms. The van der Waals surface area contributed by atoms with Gasteiger partial charge >= 0.3 is 6.09 Å². The number of hydrogen-bond acceptors (Lipinski definition) is 5. The molecule has 1 saturated heterocycles. The van der Waals surface area contributed by atoms with Crippen molar-refractivity contribution in [3.63, 3.8) is 0 Å². The van der Waals surface area contributed by atoms with Gasteiger partial charge < -0.3 is 24.8 Å². The molecular weight excluding hydrogens is 430 g/mol. The Balaban J connectivity index is 1.68. The number of pyridine rings is 1. The topological polar surface area (TPSA) is 101 Å². The second-order valence-electron chi connectivity index (χ2n) is 6.10. The Kier molecular flexibility index (Phi) is 6.48. The van der Waals surface area contributed by atoms with Gasteiger partial charge in [-0.15, -0.1) is 0 Å². The van der Waals surface area contributed by atoms with Crippen LogP contribution in [0.3, 0.4) is 0 Å². The summed E-state index contributed by atoms with van der Waals surface area (Å²) in [4.78, 5) is 29.0. The quantitative estimate of drug-likeness (QED) is 0.723. The van der Waals surface area contributed by atoms with Gasteiger partial charge in [-0.2, -0.15) is 0 Å². The molecule has 0 spiro atoms. The van der Waals surface area contributed by atoms with Crippen molar-refractivity contribution in [1.82, 2.24) is 9.88 Å². The average Bonchev–Trinajstić information content (AvgIpc) is 2.70. The Hall–Kier alpha value is -2.65. The lowest BCUT2D eigenvalue weighted by atomic mass is 10.1. The zero-order valence-electron chi connectivity index (χ0n) is 15.2. The van der Waals surface area contributed by atoms with Crippen molar-refractivity contribution < 1.29 is 24.2 Å². The summed E-state index contributed by atoms with van der Waals surface area (Å²) in [6, 6.07) is 8.68. The number of hydrogen-bond donors (Lipinski definition) is 2. The summed E-state index contributed by atoms with van der Waals surface area (Å²) in [5, 5.41) is 12.0. The smallest absolute Gasteiger partial charge is 0.407 e. The molecule has 1 aromatic carbocycles. The third-order valence-electron chi connectivity index (χ3n) is 4.24. The predicted molar refractivity (Wildman–Crippen MR) is 106 cm³/mol. The minimum Gasteiger partial charge on any atom is -0.478 e. The van der Waals surface area contributed by atoms with Crippen molar-refractivity contribution in [2.24, 2.45) is 0 Å². The number of amides is 2. The highest BCUT2D eigenvalue weighted by Gasteiger charge is 2.25. The minimum atomic E-state index is -0.958. The van der Waals surface area contributed by atoms with Crippen LogP contribution in [0.1, 0.15) is 28.9 Å². The van der Waals surface area contributed by atoms with E-state index in [1.165, 1.54) is 11.1 Å². The summed E-state index contributed by atoms with van der Waals surface area (Å²) in [5.41, 5.74) is 1.83. The van der Waals surface area contributed by atoms with E-state index in [9.17, 15) is 9.59 Å². The summed E-state index contributed by atoms with van der Waals surface area (Å²) in [6.45, 7) is 3.34. The van der Waals surface area contributed by atoms with E-state index in [2.05, 4.69) is 26.2 Å². The summed E-state index contributed by atoms with van der Waals surface area (Å²) in [6.07, 6.45) is 0.153. The highest BCUT2D eigenvalue weighted by molar-refractivity contribution is 9.10. The van der Waals surface area contributed by atoms with Gasteiger partial charge in [0, 0.05) is 23.3 Å². The summed E-state index contributed by atoms with van der Waals surface area (Å²) < 4.78 is 11.6. The first-order chi connectivity index (χ1) is 13.5. The molecule has 1 atom stereocenters. The molecular formula is C19H20BrN3O5. The number of carbonyl (C=O) groups excluding carboxylic acids is 1. The fourth-order valence-corrected chi connectivity index (χ4v) is 3.30. The molecule has 1 aliphatic heterocycles. The van der Waals surface area contributed by atoms with Crippen molar-refractivity contribution in [3.8, 4) is 5.88 Å². The van der Waals surface area contributed by atoms with Crippen LogP contribution in [0.4, 0.5) is 10.5 Å². The molecule has 2 aromatic rings. The van der Waals surface area contributed by atoms with E-state index in [0.717, 1.165) is 5.56 Å². The molecule has 0 radical (unpaired) electrons. The number of morpholine rings is 1. The van der Waals surface area contributed by atoms with Crippen LogP contribution in [0, 0.1) is 0 Å². The molecule has 2 N–H and O–H groups in total. The number of nitrogens with one attached hydrogen (secondary N) is 1. The number of benzene rings is 1. The van der Waals surface area contributed by atoms with Crippen LogP contribution < -0.4 is 10.1 Å². The number of rotatable bonds is 5. The number of carboxylic acid groups (broad SMARTS) is 1. The Morgan fingerprint density at radius 3 is 2.86 bits per heavy atom. The monoisotopic (exact) mass is 449 g/mol. The SMILES string of the molecule is CCOc1ccc(C(=O)Nc2ccc(C3CN(C(=O)O)CCO3)cc2Br)cn1. The van der Waals surface area contributed by atoms with Crippen LogP contribution in [0.5, 0.6) is 5.88 Å². The lowest BCUT2D eigenvalue weighted by molar-refractivity contribution is -0.0232. The van der Waals surface area contributed by atoms with Crippen molar-refractivity contribution in [2.75, 3.05) is 31.6 Å². The van der Waals surface area contributed by atoms with Gasteiger partial charge in [0.1, 0.15) is 6.10 Å². The first kappa shape index (κ1) is 20.1. The highest BCUT2D eigenvalue weighted by Crippen LogP contribution is 2.30. The largest absolute Gasteiger partial charge is 0.478 e. The average molecular weight is 450 g/mol. The lowest BCUT2D eigenvalue weighted by Gasteiger charge is -2.31. The molecule has 1 aromatic heterocycles. The van der Waals surface area contributed by atoms with E-state index in [0.29, 0.717) is 41.4 Å². The van der Waals surface area contributed by atoms with Crippen LogP contribution in [0.25, 0.3) is 0 Å². The van der Waals surface area contributed by atoms with E-state index in [1.807, 2.05) is 19.1 Å². The van der Waals surface area contributed by atoms with Crippen LogP contribution in [0.2, 0.25) is 0 Å². The molecule has 1 unspecified atom stereocenters. The van der Waals surface area contributed by atoms with Gasteiger partial charge in [0.05, 0.1) is 31.0 Å². The third-order valence-corrected chi connectivity index (χ3v) is 4.90. The normalized spacial score (nSPS) is 16.5. The zero-order chi connectivity index (χ0) is 20.1. The zero-order valence-corrected chi connectivity index (χ0v) is 16.8. The fraction of sp³-hybridized carbons (Fsp3) is 0.316. The van der Waals surface area contributed by atoms with E-state index >= 15 is 0 Å². The Bertz CT molecular complexity index is 859. The molecule has 0 aliphatic carbocycles. The highest BCUT2D eigenvalue weighted by atomic mass is 79.9. The molecule has 8 nitrogen and oxygen atoms in total. The van der Waals surface area contributed by atoms with Crippen molar-refractivity contribution in [2.45, 2.75) is 13.0 Å². The second kappa shape index (κ2) is 9.03. The van der Waals surface area contributed by atoms with Gasteiger partial charge in [0.2, 0.25) is 5.88 Å². The molecule has 1 aliphatic rings. The maximum absolute atomic E-state index is 12.4. The number of ether oxygens (including phenoxy) is 2. The molecule has 3 rings (SSSR count). The second-order valence-corrected chi connectivity index (χ2v) is 6.95. The first-order valence-corrected chi connectivity index (χ1v) is 9.56. The number of nitrogens with zero attached hydrogens (tertiary/aromatic N) is 2. The standard InChI is InChI=1S/C19H20BrN3O5/c1-2-27-17-6-4-13(10-21-17)18(24)22-15-5-3-12(9-14(15)20)16-11-23(19(25)26)7-8-28-16/h3-6,9-10,16H,2,7-8,11H2,1H3,(H,22,24)(H,25,26). The van der Waals surface area contributed by atoms with Crippen LogP contribution in [-0.2, 0) is 4.74 Å². The van der Waals surface area contributed by atoms with Gasteiger partial charge in [-0.25, -0.2) is 9.78 Å². The molecule has 1 fully saturated rings. The molecule has 148 valence electrons. The van der Waals surface area contributed by atoms with Gasteiger partial charge in [-0.05, 0) is 46.6 Å². The van der Waals surface area contributed by atoms with E-state index in [1.54, 1.807) is 18.2 Å². The van der Waals surface area contributed by atoms with E-state index in [4.69, 9.17) is 14.6 Å². The predicted octanol–water partition coefficient (Wildman–Crippen LogP) is 3.55. The van der Waals surface area contributed by atoms with Crippen molar-refractivity contribution >= 4 is 33.6 Å². The number of anilines is 1. The molecule has 9 heteroatoms. The van der Waals surface area contributed by atoms with Crippen LogP contribution in [0.15, 0.2) is 41.0 Å². The third kappa shape index (κ3) is 4.79. The minimum absolute atomic E-state index is 0.269. The Morgan fingerprint density at radius 1 is 1.39 bits per heavy atom. The number of aromatic nitrogens is 1. The molecule has 0 saturated carbocycles. The first-order valence-electron chi connectivity index (χ1n) is 8.77. The summed E-state index contributed by atoms with van der Waals surface area (Å²) in [5.74, 6) is 0.169. The Morgan fingerprint density at radius 2 is 2.21 bits per heavy atom. The number of halogens is 1. The van der Waals surface area contributed by atoms with Gasteiger partial charge in [0.15, 0.2) is 0 Å². The molecule has 2 amide bonds. The Labute approximate surface area is 170 Å². The van der Waals surface area contributed by atoms with Gasteiger partial charge in [-0.1, -0.05) is 6.07 Å². The van der Waals surface area contributed by atoms with E-state index < -0.39 is 6.09 Å². The summed E-state index contributed by atoms with van der Waals surface area (Å²) >= 11 is 3.46. The molecule has 28 heavy (non-hydrogen) atoms. The van der Waals surface area contributed by atoms with Gasteiger partial charge in [0.25, 0.3) is 5.91 Å².